The van der Waals surface area contributed by atoms with Gasteiger partial charge in [-0.1, -0.05) is 0 Å². The molecule has 1 atom stereocenters. The number of benzene rings is 1. The Kier molecular flexibility index (Phi) is 4.15. The fraction of sp³-hybridized carbons (Fsp3) is 0.579. The van der Waals surface area contributed by atoms with Crippen molar-refractivity contribution >= 4 is 0 Å². The molecule has 6 nitrogen and oxygen atoms in total. The molecule has 1 fully saturated rings. The van der Waals surface area contributed by atoms with Gasteiger partial charge in [-0.3, -0.25) is 4.90 Å². The molecule has 0 N–H and O–H groups in total. The number of hydrogen-bond donors (Lipinski definition) is 0. The van der Waals surface area contributed by atoms with Crippen molar-refractivity contribution < 1.29 is 9.47 Å². The molecule has 1 aliphatic carbocycles. The van der Waals surface area contributed by atoms with Crippen LogP contribution >= 0.6 is 0 Å². The molecule has 6 heteroatoms. The quantitative estimate of drug-likeness (QED) is 0.808. The highest BCUT2D eigenvalue weighted by atomic mass is 16.5. The van der Waals surface area contributed by atoms with Gasteiger partial charge in [0.15, 0.2) is 0 Å². The first-order valence-corrected chi connectivity index (χ1v) is 9.00. The van der Waals surface area contributed by atoms with E-state index in [-0.39, 0.29) is 6.10 Å². The van der Waals surface area contributed by atoms with Gasteiger partial charge in [0.1, 0.15) is 29.3 Å². The number of hydrogen-bond acceptors (Lipinski definition) is 5. The second kappa shape index (κ2) is 6.33. The van der Waals surface area contributed by atoms with Gasteiger partial charge in [0.05, 0.1) is 13.7 Å². The van der Waals surface area contributed by atoms with Crippen molar-refractivity contribution in [1.29, 1.82) is 0 Å². The van der Waals surface area contributed by atoms with Crippen LogP contribution < -0.4 is 9.47 Å². The molecule has 134 valence electrons. The minimum Gasteiger partial charge on any atom is -0.496 e. The summed E-state index contributed by atoms with van der Waals surface area (Å²) in [5, 5.41) is 8.52. The third kappa shape index (κ3) is 3.23. The molecular formula is C19H26N4O2. The highest BCUT2D eigenvalue weighted by molar-refractivity contribution is 5.48. The third-order valence-corrected chi connectivity index (χ3v) is 5.26. The lowest BCUT2D eigenvalue weighted by Crippen LogP contribution is -2.27. The SMILES string of the molecule is COc1cc2c(cc1CN(Cc1nnc(C)n1C)C1CC1)O[C@@H](C)C2. The average molecular weight is 342 g/mol. The van der Waals surface area contributed by atoms with Crippen molar-refractivity contribution in [2.75, 3.05) is 7.11 Å². The van der Waals surface area contributed by atoms with Crippen LogP contribution in [0.2, 0.25) is 0 Å². The molecule has 0 amide bonds. The van der Waals surface area contributed by atoms with Crippen LogP contribution in [0.5, 0.6) is 11.5 Å². The van der Waals surface area contributed by atoms with E-state index in [1.165, 1.54) is 24.0 Å². The van der Waals surface area contributed by atoms with Crippen molar-refractivity contribution in [2.24, 2.45) is 7.05 Å². The van der Waals surface area contributed by atoms with Gasteiger partial charge in [0.2, 0.25) is 0 Å². The van der Waals surface area contributed by atoms with Gasteiger partial charge in [-0.2, -0.15) is 0 Å². The maximum atomic E-state index is 5.94. The van der Waals surface area contributed by atoms with E-state index in [1.807, 2.05) is 14.0 Å². The van der Waals surface area contributed by atoms with Crippen LogP contribution in [0.3, 0.4) is 0 Å². The molecule has 0 saturated heterocycles. The summed E-state index contributed by atoms with van der Waals surface area (Å²) in [6, 6.07) is 4.93. The Bertz CT molecular complexity index is 782. The lowest BCUT2D eigenvalue weighted by atomic mass is 10.1. The topological polar surface area (TPSA) is 52.4 Å². The van der Waals surface area contributed by atoms with Gasteiger partial charge in [-0.15, -0.1) is 10.2 Å². The van der Waals surface area contributed by atoms with E-state index in [2.05, 4.69) is 38.7 Å². The van der Waals surface area contributed by atoms with Crippen molar-refractivity contribution in [3.8, 4) is 11.5 Å². The number of aryl methyl sites for hydroxylation is 1. The van der Waals surface area contributed by atoms with Crippen molar-refractivity contribution in [2.45, 2.75) is 58.3 Å². The number of methoxy groups -OCH3 is 1. The molecule has 1 saturated carbocycles. The lowest BCUT2D eigenvalue weighted by Gasteiger charge is -2.23. The molecule has 4 rings (SSSR count). The Labute approximate surface area is 148 Å². The number of fused-ring (bicyclic) bond motifs is 1. The monoisotopic (exact) mass is 342 g/mol. The van der Waals surface area contributed by atoms with Crippen LogP contribution in [0.25, 0.3) is 0 Å². The zero-order valence-corrected chi connectivity index (χ0v) is 15.5. The van der Waals surface area contributed by atoms with E-state index in [1.54, 1.807) is 7.11 Å². The molecule has 2 aliphatic rings. The van der Waals surface area contributed by atoms with Crippen molar-refractivity contribution in [3.63, 3.8) is 0 Å². The second-order valence-corrected chi connectivity index (χ2v) is 7.26. The number of rotatable bonds is 6. The summed E-state index contributed by atoms with van der Waals surface area (Å²) in [5.41, 5.74) is 2.43. The van der Waals surface area contributed by atoms with E-state index in [4.69, 9.17) is 9.47 Å². The molecule has 0 bridgehead atoms. The zero-order valence-electron chi connectivity index (χ0n) is 15.5. The van der Waals surface area contributed by atoms with E-state index < -0.39 is 0 Å². The van der Waals surface area contributed by atoms with Gasteiger partial charge >= 0.3 is 0 Å². The minimum absolute atomic E-state index is 0.246. The van der Waals surface area contributed by atoms with Gasteiger partial charge in [-0.25, -0.2) is 0 Å². The molecule has 1 aromatic heterocycles. The van der Waals surface area contributed by atoms with Crippen molar-refractivity contribution in [3.05, 3.63) is 34.9 Å². The van der Waals surface area contributed by atoms with Gasteiger partial charge in [0.25, 0.3) is 0 Å². The van der Waals surface area contributed by atoms with E-state index in [9.17, 15) is 0 Å². The molecule has 2 aromatic rings. The first-order valence-electron chi connectivity index (χ1n) is 9.00. The fourth-order valence-corrected chi connectivity index (χ4v) is 3.54. The Morgan fingerprint density at radius 3 is 2.72 bits per heavy atom. The zero-order chi connectivity index (χ0) is 17.6. The second-order valence-electron chi connectivity index (χ2n) is 7.26. The summed E-state index contributed by atoms with van der Waals surface area (Å²) in [6.45, 7) is 5.74. The van der Waals surface area contributed by atoms with Crippen molar-refractivity contribution in [1.82, 2.24) is 19.7 Å². The normalized spacial score (nSPS) is 19.2. The molecule has 0 unspecified atom stereocenters. The highest BCUT2D eigenvalue weighted by Gasteiger charge is 2.31. The highest BCUT2D eigenvalue weighted by Crippen LogP contribution is 2.37. The van der Waals surface area contributed by atoms with E-state index in [0.717, 1.165) is 42.7 Å². The van der Waals surface area contributed by atoms with Crippen LogP contribution in [-0.4, -0.2) is 38.9 Å². The van der Waals surface area contributed by atoms with Crippen LogP contribution in [0.1, 0.15) is 42.5 Å². The smallest absolute Gasteiger partial charge is 0.146 e. The molecule has 0 spiro atoms. The molecule has 1 aromatic carbocycles. The Morgan fingerprint density at radius 2 is 2.08 bits per heavy atom. The predicted molar refractivity (Wildman–Crippen MR) is 94.8 cm³/mol. The molecular weight excluding hydrogens is 316 g/mol. The predicted octanol–water partition coefficient (Wildman–Crippen LogP) is 2.62. The molecule has 25 heavy (non-hydrogen) atoms. The van der Waals surface area contributed by atoms with E-state index in [0.29, 0.717) is 6.04 Å². The molecule has 1 aliphatic heterocycles. The number of nitrogens with zero attached hydrogens (tertiary/aromatic N) is 4. The molecule has 0 radical (unpaired) electrons. The summed E-state index contributed by atoms with van der Waals surface area (Å²) < 4.78 is 13.7. The van der Waals surface area contributed by atoms with Gasteiger partial charge in [0, 0.05) is 37.2 Å². The molecule has 2 heterocycles. The summed E-state index contributed by atoms with van der Waals surface area (Å²) in [4.78, 5) is 2.48. The fourth-order valence-electron chi connectivity index (χ4n) is 3.54. The summed E-state index contributed by atoms with van der Waals surface area (Å²) in [7, 11) is 3.78. The Morgan fingerprint density at radius 1 is 1.28 bits per heavy atom. The van der Waals surface area contributed by atoms with Gasteiger partial charge in [-0.05, 0) is 38.8 Å². The first kappa shape index (κ1) is 16.4. The van der Waals surface area contributed by atoms with E-state index >= 15 is 0 Å². The number of aromatic nitrogens is 3. The number of ether oxygens (including phenoxy) is 2. The largest absolute Gasteiger partial charge is 0.496 e. The van der Waals surface area contributed by atoms with Crippen LogP contribution in [0.4, 0.5) is 0 Å². The standard InChI is InChI=1S/C19H26N4O2/c1-12-7-14-8-17(24-4)15(9-18(14)25-12)10-23(16-5-6-16)11-19-21-20-13(2)22(19)3/h8-9,12,16H,5-7,10-11H2,1-4H3/t12-/m0/s1. The van der Waals surface area contributed by atoms with Crippen LogP contribution in [-0.2, 0) is 26.6 Å². The summed E-state index contributed by atoms with van der Waals surface area (Å²) >= 11 is 0. The Hall–Kier alpha value is -2.08. The average Bonchev–Trinajstić information content (AvgIpc) is 3.31. The Balaban J connectivity index is 1.58. The minimum atomic E-state index is 0.246. The lowest BCUT2D eigenvalue weighted by molar-refractivity contribution is 0.231. The van der Waals surface area contributed by atoms with Gasteiger partial charge < -0.3 is 14.0 Å². The maximum absolute atomic E-state index is 5.94. The van der Waals surface area contributed by atoms with Crippen LogP contribution in [0.15, 0.2) is 12.1 Å². The van der Waals surface area contributed by atoms with Crippen LogP contribution in [0, 0.1) is 6.92 Å². The third-order valence-electron chi connectivity index (χ3n) is 5.26. The summed E-state index contributed by atoms with van der Waals surface area (Å²) in [6.07, 6.45) is 3.70. The maximum Gasteiger partial charge on any atom is 0.146 e. The summed E-state index contributed by atoms with van der Waals surface area (Å²) in [5.74, 6) is 3.92. The first-order chi connectivity index (χ1) is 12.0.